The first-order valence-corrected chi connectivity index (χ1v) is 17.0. The number of ether oxygens (including phenoxy) is 1. The first-order valence-electron chi connectivity index (χ1n) is 12.4. The Labute approximate surface area is 229 Å². The van der Waals surface area contributed by atoms with Gasteiger partial charge < -0.3 is 14.1 Å². The van der Waals surface area contributed by atoms with E-state index < -0.39 is 13.9 Å². The fraction of sp³-hybridized carbons (Fsp3) is 0.536. The highest BCUT2D eigenvalue weighted by Gasteiger charge is 2.42. The molecule has 1 amide bonds. The van der Waals surface area contributed by atoms with Gasteiger partial charge in [0, 0.05) is 15.9 Å². The number of amides is 1. The summed E-state index contributed by atoms with van der Waals surface area (Å²) in [7, 11) is -1.97. The zero-order valence-corrected chi connectivity index (χ0v) is 26.1. The van der Waals surface area contributed by atoms with E-state index in [1.807, 2.05) is 31.7 Å². The number of hydrogen-bond donors (Lipinski definition) is 0. The highest BCUT2D eigenvalue weighted by atomic mass is 79.9. The summed E-state index contributed by atoms with van der Waals surface area (Å²) in [5, 5.41) is 0.0691. The van der Waals surface area contributed by atoms with Gasteiger partial charge in [0.15, 0.2) is 8.32 Å². The minimum atomic E-state index is -1.97. The third-order valence-corrected chi connectivity index (χ3v) is 13.3. The molecule has 0 fully saturated rings. The molecule has 0 bridgehead atoms. The van der Waals surface area contributed by atoms with E-state index in [2.05, 4.69) is 61.9 Å². The number of carbonyl (C=O) groups is 1. The molecule has 0 N–H and O–H groups in total. The van der Waals surface area contributed by atoms with E-state index in [0.29, 0.717) is 19.6 Å². The summed E-state index contributed by atoms with van der Waals surface area (Å²) < 4.78 is 26.9. The smallest absolute Gasteiger partial charge is 0.410 e. The zero-order valence-electron chi connectivity index (χ0n) is 22.7. The molecule has 2 aromatic rings. The van der Waals surface area contributed by atoms with Crippen molar-refractivity contribution >= 4 is 42.1 Å². The largest absolute Gasteiger partial charge is 0.444 e. The maximum Gasteiger partial charge on any atom is 0.410 e. The van der Waals surface area contributed by atoms with Gasteiger partial charge in [-0.2, -0.15) is 0 Å². The molecule has 198 valence electrons. The molecule has 8 heteroatoms. The second kappa shape index (κ2) is 11.2. The lowest BCUT2D eigenvalue weighted by atomic mass is 10.1. The monoisotopic (exact) mass is 595 g/mol. The summed E-state index contributed by atoms with van der Waals surface area (Å²) >= 11 is 5.26. The molecule has 3 rings (SSSR count). The SMILES string of the molecule is CC(C)(C)OC(=O)N(CCO[Si](C)(C)C(C)(C)C)C1Cc2cc(Br)ccc2C1Sc1ccc(F)cc1. The molecule has 0 saturated heterocycles. The van der Waals surface area contributed by atoms with Crippen LogP contribution in [0.25, 0.3) is 0 Å². The molecule has 0 heterocycles. The average Bonchev–Trinajstić information content (AvgIpc) is 3.07. The van der Waals surface area contributed by atoms with E-state index in [-0.39, 0.29) is 28.2 Å². The summed E-state index contributed by atoms with van der Waals surface area (Å²) in [4.78, 5) is 16.4. The molecule has 1 aliphatic rings. The Morgan fingerprint density at radius 1 is 1.11 bits per heavy atom. The maximum absolute atomic E-state index is 13.6. The molecule has 36 heavy (non-hydrogen) atoms. The summed E-state index contributed by atoms with van der Waals surface area (Å²) in [6.45, 7) is 17.7. The Hall–Kier alpha value is -1.35. The Balaban J connectivity index is 1.93. The van der Waals surface area contributed by atoms with Gasteiger partial charge in [-0.25, -0.2) is 9.18 Å². The van der Waals surface area contributed by atoms with Gasteiger partial charge in [0.1, 0.15) is 11.4 Å². The van der Waals surface area contributed by atoms with E-state index in [0.717, 1.165) is 9.37 Å². The first-order chi connectivity index (χ1) is 16.6. The van der Waals surface area contributed by atoms with Crippen molar-refractivity contribution in [1.29, 1.82) is 0 Å². The molecule has 2 unspecified atom stereocenters. The molecule has 0 saturated carbocycles. The summed E-state index contributed by atoms with van der Waals surface area (Å²) in [5.41, 5.74) is 1.79. The zero-order chi connectivity index (χ0) is 26.9. The van der Waals surface area contributed by atoms with Gasteiger partial charge in [-0.05, 0) is 92.8 Å². The second-order valence-corrected chi connectivity index (χ2v) is 18.8. The van der Waals surface area contributed by atoms with Crippen LogP contribution >= 0.6 is 27.7 Å². The minimum Gasteiger partial charge on any atom is -0.444 e. The van der Waals surface area contributed by atoms with Gasteiger partial charge >= 0.3 is 6.09 Å². The number of benzene rings is 2. The highest BCUT2D eigenvalue weighted by molar-refractivity contribution is 9.10. The molecule has 1 aliphatic carbocycles. The summed E-state index contributed by atoms with van der Waals surface area (Å²) in [5.74, 6) is -0.259. The quantitative estimate of drug-likeness (QED) is 0.300. The van der Waals surface area contributed by atoms with Gasteiger partial charge in [-0.15, -0.1) is 11.8 Å². The van der Waals surface area contributed by atoms with E-state index in [1.165, 1.54) is 23.3 Å². The molecule has 0 aliphatic heterocycles. The van der Waals surface area contributed by atoms with Crippen LogP contribution in [0, 0.1) is 5.82 Å². The van der Waals surface area contributed by atoms with Crippen LogP contribution in [-0.4, -0.2) is 44.1 Å². The minimum absolute atomic E-state index is 0.0149. The van der Waals surface area contributed by atoms with Gasteiger partial charge in [-0.1, -0.05) is 42.8 Å². The van der Waals surface area contributed by atoms with Crippen LogP contribution in [0.1, 0.15) is 57.9 Å². The Morgan fingerprint density at radius 2 is 1.75 bits per heavy atom. The van der Waals surface area contributed by atoms with Crippen LogP contribution in [0.2, 0.25) is 18.1 Å². The van der Waals surface area contributed by atoms with Crippen molar-refractivity contribution in [1.82, 2.24) is 4.90 Å². The molecule has 2 aromatic carbocycles. The normalized spacial score (nSPS) is 18.2. The van der Waals surface area contributed by atoms with Crippen molar-refractivity contribution in [2.24, 2.45) is 0 Å². The fourth-order valence-corrected chi connectivity index (χ4v) is 6.76. The number of hydrogen-bond acceptors (Lipinski definition) is 4. The van der Waals surface area contributed by atoms with Gasteiger partial charge in [0.2, 0.25) is 0 Å². The highest BCUT2D eigenvalue weighted by Crippen LogP contribution is 2.48. The molecule has 0 radical (unpaired) electrons. The molecular weight excluding hydrogens is 557 g/mol. The van der Waals surface area contributed by atoms with Crippen LogP contribution in [0.4, 0.5) is 9.18 Å². The van der Waals surface area contributed by atoms with Crippen molar-refractivity contribution in [2.75, 3.05) is 13.2 Å². The van der Waals surface area contributed by atoms with Crippen LogP contribution in [0.5, 0.6) is 0 Å². The Morgan fingerprint density at radius 3 is 2.33 bits per heavy atom. The molecule has 4 nitrogen and oxygen atoms in total. The first kappa shape index (κ1) is 29.2. The van der Waals surface area contributed by atoms with Crippen molar-refractivity contribution in [2.45, 2.75) is 87.9 Å². The van der Waals surface area contributed by atoms with Gasteiger partial charge in [0.05, 0.1) is 17.9 Å². The molecule has 0 spiro atoms. The number of carbonyl (C=O) groups excluding carboxylic acids is 1. The lowest BCUT2D eigenvalue weighted by molar-refractivity contribution is 0.0134. The molecule has 0 aromatic heterocycles. The predicted octanol–water partition coefficient (Wildman–Crippen LogP) is 8.61. The number of fused-ring (bicyclic) bond motifs is 1. The number of halogens is 2. The average molecular weight is 597 g/mol. The van der Waals surface area contributed by atoms with Crippen molar-refractivity contribution in [3.05, 3.63) is 63.9 Å². The topological polar surface area (TPSA) is 38.8 Å². The van der Waals surface area contributed by atoms with Crippen LogP contribution in [0.15, 0.2) is 51.8 Å². The third kappa shape index (κ3) is 7.36. The Bertz CT molecular complexity index is 1070. The van der Waals surface area contributed by atoms with E-state index in [9.17, 15) is 9.18 Å². The fourth-order valence-electron chi connectivity index (χ4n) is 3.97. The van der Waals surface area contributed by atoms with Crippen molar-refractivity contribution in [3.63, 3.8) is 0 Å². The van der Waals surface area contributed by atoms with Crippen molar-refractivity contribution < 1.29 is 18.3 Å². The summed E-state index contributed by atoms with van der Waals surface area (Å²) in [6, 6.07) is 12.7. The number of thioether (sulfide) groups is 1. The standard InChI is InChI=1S/C28H39BrFNO3SSi/c1-27(2,3)34-26(32)31(15-16-33-36(7,8)28(4,5)6)24-18-19-17-20(29)9-14-23(19)25(24)35-22-12-10-21(30)11-13-22/h9-14,17,24-25H,15-16,18H2,1-8H3. The summed E-state index contributed by atoms with van der Waals surface area (Å²) in [6.07, 6.45) is 0.385. The van der Waals surface area contributed by atoms with Crippen LogP contribution in [-0.2, 0) is 15.6 Å². The lowest BCUT2D eigenvalue weighted by Gasteiger charge is -2.38. The Kier molecular flexibility index (Phi) is 9.07. The molecular formula is C28H39BrFNO3SSi. The molecule has 2 atom stereocenters. The third-order valence-electron chi connectivity index (χ3n) is 6.90. The second-order valence-electron chi connectivity index (χ2n) is 11.9. The maximum atomic E-state index is 13.6. The van der Waals surface area contributed by atoms with Crippen LogP contribution < -0.4 is 0 Å². The van der Waals surface area contributed by atoms with Crippen molar-refractivity contribution in [3.8, 4) is 0 Å². The van der Waals surface area contributed by atoms with Gasteiger partial charge in [0.25, 0.3) is 0 Å². The lowest BCUT2D eigenvalue weighted by Crippen LogP contribution is -2.48. The van der Waals surface area contributed by atoms with Gasteiger partial charge in [-0.3, -0.25) is 0 Å². The van der Waals surface area contributed by atoms with Crippen LogP contribution in [0.3, 0.4) is 0 Å². The number of rotatable bonds is 7. The van der Waals surface area contributed by atoms with E-state index in [1.54, 1.807) is 23.9 Å². The number of nitrogens with zero attached hydrogens (tertiary/aromatic N) is 1. The predicted molar refractivity (Wildman–Crippen MR) is 153 cm³/mol. The van der Waals surface area contributed by atoms with E-state index in [4.69, 9.17) is 9.16 Å². The van der Waals surface area contributed by atoms with E-state index >= 15 is 0 Å².